The lowest BCUT2D eigenvalue weighted by molar-refractivity contribution is -0.885. The van der Waals surface area contributed by atoms with Gasteiger partial charge in [-0.15, -0.1) is 0 Å². The van der Waals surface area contributed by atoms with Crippen LogP contribution in [0.25, 0.3) is 0 Å². The number of piperidine rings is 1. The highest BCUT2D eigenvalue weighted by Crippen LogP contribution is 2.22. The SMILES string of the molecule is CCc1ccc(C[NH+](C)CC(=O)Nc2cccc(S(=O)(=O)N3CCCCC3)c2)cc1. The zero-order valence-corrected chi connectivity index (χ0v) is 18.7. The molecular formula is C23H32N3O3S+. The first-order valence-electron chi connectivity index (χ1n) is 10.7. The van der Waals surface area contributed by atoms with Crippen LogP contribution in [0.4, 0.5) is 5.69 Å². The van der Waals surface area contributed by atoms with Crippen LogP contribution in [0.15, 0.2) is 53.4 Å². The fourth-order valence-corrected chi connectivity index (χ4v) is 5.34. The van der Waals surface area contributed by atoms with Crippen LogP contribution in [0.2, 0.25) is 0 Å². The lowest BCUT2D eigenvalue weighted by atomic mass is 10.1. The number of carbonyl (C=O) groups excluding carboxylic acids is 1. The van der Waals surface area contributed by atoms with Gasteiger partial charge in [0.1, 0.15) is 6.54 Å². The molecule has 0 saturated carbocycles. The van der Waals surface area contributed by atoms with Gasteiger partial charge in [0, 0.05) is 24.3 Å². The average Bonchev–Trinajstić information content (AvgIpc) is 2.75. The van der Waals surface area contributed by atoms with Crippen molar-refractivity contribution in [3.63, 3.8) is 0 Å². The summed E-state index contributed by atoms with van der Waals surface area (Å²) in [7, 11) is -1.54. The third-order valence-electron chi connectivity index (χ3n) is 5.47. The number of sulfonamides is 1. The third kappa shape index (κ3) is 5.90. The molecule has 1 atom stereocenters. The number of carbonyl (C=O) groups is 1. The van der Waals surface area contributed by atoms with E-state index in [9.17, 15) is 13.2 Å². The summed E-state index contributed by atoms with van der Waals surface area (Å²) in [6.07, 6.45) is 3.87. The number of nitrogens with one attached hydrogen (secondary N) is 2. The highest BCUT2D eigenvalue weighted by atomic mass is 32.2. The Balaban J connectivity index is 1.59. The number of nitrogens with zero attached hydrogens (tertiary/aromatic N) is 1. The van der Waals surface area contributed by atoms with Crippen LogP contribution in [0.5, 0.6) is 0 Å². The third-order valence-corrected chi connectivity index (χ3v) is 7.36. The first-order valence-corrected chi connectivity index (χ1v) is 12.1. The quantitative estimate of drug-likeness (QED) is 0.674. The second-order valence-corrected chi connectivity index (χ2v) is 9.96. The molecule has 1 saturated heterocycles. The van der Waals surface area contributed by atoms with E-state index >= 15 is 0 Å². The van der Waals surface area contributed by atoms with Crippen molar-refractivity contribution in [3.8, 4) is 0 Å². The summed E-state index contributed by atoms with van der Waals surface area (Å²) in [5.41, 5.74) is 3.00. The number of aryl methyl sites for hydroxylation is 1. The number of hydrogen-bond acceptors (Lipinski definition) is 3. The van der Waals surface area contributed by atoms with E-state index in [-0.39, 0.29) is 10.8 Å². The zero-order valence-electron chi connectivity index (χ0n) is 17.9. The molecule has 1 aliphatic heterocycles. The van der Waals surface area contributed by atoms with Crippen LogP contribution in [0, 0.1) is 0 Å². The van der Waals surface area contributed by atoms with Crippen molar-refractivity contribution in [2.24, 2.45) is 0 Å². The minimum absolute atomic E-state index is 0.134. The van der Waals surface area contributed by atoms with Gasteiger partial charge in [-0.05, 0) is 43.0 Å². The maximum Gasteiger partial charge on any atom is 0.279 e. The van der Waals surface area contributed by atoms with Gasteiger partial charge in [0.15, 0.2) is 6.54 Å². The molecule has 1 amide bonds. The molecule has 2 aromatic carbocycles. The van der Waals surface area contributed by atoms with Crippen LogP contribution in [-0.4, -0.2) is 45.3 Å². The molecule has 0 aliphatic carbocycles. The molecule has 162 valence electrons. The molecule has 0 bridgehead atoms. The number of benzene rings is 2. The van der Waals surface area contributed by atoms with Gasteiger partial charge in [-0.1, -0.05) is 43.7 Å². The number of anilines is 1. The molecule has 2 aromatic rings. The summed E-state index contributed by atoms with van der Waals surface area (Å²) in [5.74, 6) is -0.134. The summed E-state index contributed by atoms with van der Waals surface area (Å²) in [5, 5.41) is 2.85. The summed E-state index contributed by atoms with van der Waals surface area (Å²) in [4.78, 5) is 13.8. The number of quaternary nitrogens is 1. The number of amides is 1. The fraction of sp³-hybridized carbons (Fsp3) is 0.435. The van der Waals surface area contributed by atoms with Crippen molar-refractivity contribution in [1.82, 2.24) is 4.31 Å². The summed E-state index contributed by atoms with van der Waals surface area (Å²) >= 11 is 0. The molecule has 7 heteroatoms. The van der Waals surface area contributed by atoms with Crippen LogP contribution in [0.1, 0.15) is 37.3 Å². The van der Waals surface area contributed by atoms with E-state index in [0.29, 0.717) is 25.3 Å². The van der Waals surface area contributed by atoms with Gasteiger partial charge in [0.05, 0.1) is 11.9 Å². The van der Waals surface area contributed by atoms with E-state index in [4.69, 9.17) is 0 Å². The minimum atomic E-state index is -3.51. The van der Waals surface area contributed by atoms with Crippen molar-refractivity contribution in [2.45, 2.75) is 44.0 Å². The van der Waals surface area contributed by atoms with Crippen molar-refractivity contribution in [1.29, 1.82) is 0 Å². The highest BCUT2D eigenvalue weighted by molar-refractivity contribution is 7.89. The largest absolute Gasteiger partial charge is 0.326 e. The second kappa shape index (κ2) is 10.2. The Hall–Kier alpha value is -2.22. The lowest BCUT2D eigenvalue weighted by Crippen LogP contribution is -3.08. The smallest absolute Gasteiger partial charge is 0.279 e. The molecule has 0 aromatic heterocycles. The Morgan fingerprint density at radius 3 is 2.37 bits per heavy atom. The highest BCUT2D eigenvalue weighted by Gasteiger charge is 2.26. The Morgan fingerprint density at radius 1 is 1.03 bits per heavy atom. The van der Waals surface area contributed by atoms with Gasteiger partial charge in [0.25, 0.3) is 5.91 Å². The van der Waals surface area contributed by atoms with E-state index in [1.807, 2.05) is 7.05 Å². The molecule has 1 unspecified atom stereocenters. The summed E-state index contributed by atoms with van der Waals surface area (Å²) in [6.45, 7) is 4.31. The minimum Gasteiger partial charge on any atom is -0.326 e. The number of hydrogen-bond donors (Lipinski definition) is 2. The molecule has 30 heavy (non-hydrogen) atoms. The van der Waals surface area contributed by atoms with Crippen LogP contribution in [-0.2, 0) is 27.8 Å². The Labute approximate surface area is 179 Å². The Bertz CT molecular complexity index is 952. The van der Waals surface area contributed by atoms with Crippen LogP contribution in [0.3, 0.4) is 0 Å². The van der Waals surface area contributed by atoms with Crippen molar-refractivity contribution in [2.75, 3.05) is 32.0 Å². The van der Waals surface area contributed by atoms with Crippen molar-refractivity contribution < 1.29 is 18.1 Å². The number of likely N-dealkylation sites (N-methyl/N-ethyl adjacent to an activating group) is 1. The molecule has 1 heterocycles. The molecule has 0 spiro atoms. The lowest BCUT2D eigenvalue weighted by Gasteiger charge is -2.26. The topological polar surface area (TPSA) is 70.9 Å². The fourth-order valence-electron chi connectivity index (χ4n) is 3.77. The Kier molecular flexibility index (Phi) is 7.64. The van der Waals surface area contributed by atoms with Gasteiger partial charge in [-0.3, -0.25) is 4.79 Å². The molecular weight excluding hydrogens is 398 g/mol. The monoisotopic (exact) mass is 430 g/mol. The van der Waals surface area contributed by atoms with Crippen LogP contribution < -0.4 is 10.2 Å². The van der Waals surface area contributed by atoms with Gasteiger partial charge < -0.3 is 10.2 Å². The molecule has 3 rings (SSSR count). The van der Waals surface area contributed by atoms with E-state index in [1.165, 1.54) is 11.1 Å². The first kappa shape index (κ1) is 22.5. The van der Waals surface area contributed by atoms with Gasteiger partial charge in [-0.25, -0.2) is 8.42 Å². The van der Waals surface area contributed by atoms with Crippen LogP contribution >= 0.6 is 0 Å². The number of rotatable bonds is 8. The second-order valence-electron chi connectivity index (χ2n) is 8.02. The van der Waals surface area contributed by atoms with Crippen molar-refractivity contribution in [3.05, 3.63) is 59.7 Å². The molecule has 2 N–H and O–H groups in total. The maximum atomic E-state index is 12.9. The standard InChI is InChI=1S/C23H31N3O3S/c1-3-19-10-12-20(13-11-19)17-25(2)18-23(27)24-21-8-7-9-22(16-21)30(28,29)26-14-5-4-6-15-26/h7-13,16H,3-6,14-15,17-18H2,1-2H3,(H,24,27)/p+1. The van der Waals surface area contributed by atoms with Gasteiger partial charge in [0.2, 0.25) is 10.0 Å². The van der Waals surface area contributed by atoms with E-state index < -0.39 is 10.0 Å². The van der Waals surface area contributed by atoms with E-state index in [2.05, 4.69) is 36.5 Å². The predicted octanol–water partition coefficient (Wildman–Crippen LogP) is 2.08. The predicted molar refractivity (Wildman–Crippen MR) is 119 cm³/mol. The normalized spacial score (nSPS) is 16.2. The molecule has 1 aliphatic rings. The molecule has 6 nitrogen and oxygen atoms in total. The van der Waals surface area contributed by atoms with Gasteiger partial charge >= 0.3 is 0 Å². The van der Waals surface area contributed by atoms with E-state index in [1.54, 1.807) is 28.6 Å². The summed E-state index contributed by atoms with van der Waals surface area (Å²) in [6, 6.07) is 15.0. The van der Waals surface area contributed by atoms with Crippen molar-refractivity contribution >= 4 is 21.6 Å². The van der Waals surface area contributed by atoms with Gasteiger partial charge in [-0.2, -0.15) is 4.31 Å². The average molecular weight is 431 g/mol. The first-order chi connectivity index (χ1) is 14.4. The zero-order chi connectivity index (χ0) is 21.6. The van der Waals surface area contributed by atoms with E-state index in [0.717, 1.165) is 37.1 Å². The Morgan fingerprint density at radius 2 is 1.70 bits per heavy atom. The summed E-state index contributed by atoms with van der Waals surface area (Å²) < 4.78 is 27.3. The molecule has 0 radical (unpaired) electrons. The maximum absolute atomic E-state index is 12.9. The molecule has 1 fully saturated rings.